The molecule has 31 heavy (non-hydrogen) atoms. The van der Waals surface area contributed by atoms with Crippen molar-refractivity contribution in [2.45, 2.75) is 16.8 Å². The van der Waals surface area contributed by atoms with Gasteiger partial charge in [0.2, 0.25) is 14.9 Å². The van der Waals surface area contributed by atoms with Crippen molar-refractivity contribution in [1.29, 1.82) is 0 Å². The van der Waals surface area contributed by atoms with Crippen molar-refractivity contribution in [2.24, 2.45) is 0 Å². The number of sulfone groups is 1. The molecule has 0 aliphatic carbocycles. The van der Waals surface area contributed by atoms with E-state index in [1.165, 1.54) is 0 Å². The molecule has 8 heteroatoms. The second-order valence-corrected chi connectivity index (χ2v) is 8.77. The summed E-state index contributed by atoms with van der Waals surface area (Å²) >= 11 is 0. The van der Waals surface area contributed by atoms with E-state index in [2.05, 4.69) is 15.3 Å². The lowest BCUT2D eigenvalue weighted by Crippen LogP contribution is -2.10. The quantitative estimate of drug-likeness (QED) is 0.476. The average Bonchev–Trinajstić information content (AvgIpc) is 2.78. The van der Waals surface area contributed by atoms with E-state index in [1.807, 2.05) is 13.0 Å². The number of hydrogen-bond acceptors (Lipinski definition) is 7. The molecule has 158 valence electrons. The van der Waals surface area contributed by atoms with Gasteiger partial charge < -0.3 is 14.8 Å². The van der Waals surface area contributed by atoms with E-state index >= 15 is 0 Å². The number of aryl methyl sites for hydroxylation is 1. The van der Waals surface area contributed by atoms with Crippen LogP contribution in [0.5, 0.6) is 11.5 Å². The molecule has 0 unspecified atom stereocenters. The summed E-state index contributed by atoms with van der Waals surface area (Å²) < 4.78 is 37.5. The maximum absolute atomic E-state index is 13.5. The molecular weight excluding hydrogens is 414 g/mol. The van der Waals surface area contributed by atoms with Crippen LogP contribution in [-0.4, -0.2) is 32.6 Å². The van der Waals surface area contributed by atoms with Gasteiger partial charge in [-0.2, -0.15) is 0 Å². The van der Waals surface area contributed by atoms with Gasteiger partial charge >= 0.3 is 0 Å². The molecule has 0 aliphatic heterocycles. The number of aromatic nitrogens is 2. The molecule has 0 spiro atoms. The van der Waals surface area contributed by atoms with Gasteiger partial charge in [-0.05, 0) is 31.2 Å². The zero-order chi connectivity index (χ0) is 22.0. The normalized spacial score (nSPS) is 11.3. The Kier molecular flexibility index (Phi) is 5.48. The van der Waals surface area contributed by atoms with Gasteiger partial charge in [0.1, 0.15) is 11.5 Å². The molecular formula is C23H21N3O4S. The van der Waals surface area contributed by atoms with Crippen LogP contribution in [0.15, 0.2) is 76.7 Å². The predicted molar refractivity (Wildman–Crippen MR) is 119 cm³/mol. The Morgan fingerprint density at radius 2 is 1.39 bits per heavy atom. The number of rotatable bonds is 6. The van der Waals surface area contributed by atoms with Gasteiger partial charge in [-0.25, -0.2) is 18.4 Å². The average molecular weight is 436 g/mol. The Morgan fingerprint density at radius 3 is 1.97 bits per heavy atom. The number of ether oxygens (including phenoxy) is 2. The van der Waals surface area contributed by atoms with Gasteiger partial charge in [0.05, 0.1) is 30.1 Å². The zero-order valence-electron chi connectivity index (χ0n) is 17.3. The van der Waals surface area contributed by atoms with Crippen LogP contribution in [-0.2, 0) is 9.84 Å². The maximum Gasteiger partial charge on any atom is 0.227 e. The fourth-order valence-electron chi connectivity index (χ4n) is 3.10. The summed E-state index contributed by atoms with van der Waals surface area (Å²) in [6, 6.07) is 18.9. The van der Waals surface area contributed by atoms with Gasteiger partial charge in [-0.3, -0.25) is 0 Å². The lowest BCUT2D eigenvalue weighted by molar-refractivity contribution is 0.395. The minimum Gasteiger partial charge on any atom is -0.497 e. The van der Waals surface area contributed by atoms with E-state index < -0.39 is 9.84 Å². The molecule has 0 fully saturated rings. The Morgan fingerprint density at radius 1 is 0.806 bits per heavy atom. The van der Waals surface area contributed by atoms with Gasteiger partial charge in [-0.15, -0.1) is 0 Å². The van der Waals surface area contributed by atoms with E-state index in [1.54, 1.807) is 74.9 Å². The van der Waals surface area contributed by atoms with Crippen LogP contribution in [0, 0.1) is 6.92 Å². The van der Waals surface area contributed by atoms with Crippen molar-refractivity contribution in [2.75, 3.05) is 19.5 Å². The minimum atomic E-state index is -3.93. The number of methoxy groups -OCH3 is 2. The first-order chi connectivity index (χ1) is 14.9. The molecule has 0 amide bonds. The number of hydrogen-bond donors (Lipinski definition) is 1. The lowest BCUT2D eigenvalue weighted by Gasteiger charge is -2.14. The second kappa shape index (κ2) is 8.23. The van der Waals surface area contributed by atoms with Crippen LogP contribution in [0.3, 0.4) is 0 Å². The smallest absolute Gasteiger partial charge is 0.227 e. The Bertz CT molecular complexity index is 1330. The van der Waals surface area contributed by atoms with Crippen LogP contribution in [0.2, 0.25) is 0 Å². The number of benzene rings is 3. The third-order valence-corrected chi connectivity index (χ3v) is 6.43. The fourth-order valence-corrected chi connectivity index (χ4v) is 4.39. The highest BCUT2D eigenvalue weighted by molar-refractivity contribution is 7.91. The maximum atomic E-state index is 13.5. The van der Waals surface area contributed by atoms with Crippen LogP contribution in [0.1, 0.15) is 5.56 Å². The number of nitrogens with one attached hydrogen (secondary N) is 1. The molecule has 0 atom stereocenters. The molecule has 0 aliphatic rings. The molecule has 1 N–H and O–H groups in total. The summed E-state index contributed by atoms with van der Waals surface area (Å²) in [5.41, 5.74) is 2.58. The predicted octanol–water partition coefficient (Wildman–Crippen LogP) is 4.53. The van der Waals surface area contributed by atoms with Crippen molar-refractivity contribution in [3.8, 4) is 11.5 Å². The monoisotopic (exact) mass is 435 g/mol. The number of anilines is 2. The molecule has 0 saturated carbocycles. The molecule has 0 saturated heterocycles. The second-order valence-electron chi connectivity index (χ2n) is 6.91. The Hall–Kier alpha value is -3.65. The number of fused-ring (bicyclic) bond motifs is 1. The SMILES string of the molecule is COc1cc(Nc2nc3ccccc3nc2S(=O)(=O)c2ccc(C)cc2)cc(OC)c1. The highest BCUT2D eigenvalue weighted by Gasteiger charge is 2.25. The third kappa shape index (κ3) is 4.15. The molecule has 7 nitrogen and oxygen atoms in total. The highest BCUT2D eigenvalue weighted by atomic mass is 32.2. The van der Waals surface area contributed by atoms with Crippen molar-refractivity contribution in [3.05, 3.63) is 72.3 Å². The summed E-state index contributed by atoms with van der Waals surface area (Å²) in [5, 5.41) is 2.93. The summed E-state index contributed by atoms with van der Waals surface area (Å²) in [4.78, 5) is 9.16. The lowest BCUT2D eigenvalue weighted by atomic mass is 10.2. The summed E-state index contributed by atoms with van der Waals surface area (Å²) in [5.74, 6) is 1.23. The molecule has 0 radical (unpaired) electrons. The Balaban J connectivity index is 1.89. The van der Waals surface area contributed by atoms with Crippen LogP contribution in [0.4, 0.5) is 11.5 Å². The number of nitrogens with zero attached hydrogens (tertiary/aromatic N) is 2. The van der Waals surface area contributed by atoms with Crippen molar-refractivity contribution in [3.63, 3.8) is 0 Å². The fraction of sp³-hybridized carbons (Fsp3) is 0.130. The molecule has 0 bridgehead atoms. The topological polar surface area (TPSA) is 90.4 Å². The van der Waals surface area contributed by atoms with E-state index in [0.717, 1.165) is 5.56 Å². The third-order valence-electron chi connectivity index (χ3n) is 4.74. The standard InChI is InChI=1S/C23H21N3O4S/c1-15-8-10-19(11-9-15)31(27,28)23-22(25-20-6-4-5-7-21(20)26-23)24-16-12-17(29-2)14-18(13-16)30-3/h4-14H,1-3H3,(H,24,25). The van der Waals surface area contributed by atoms with Crippen LogP contribution < -0.4 is 14.8 Å². The minimum absolute atomic E-state index is 0.120. The van der Waals surface area contributed by atoms with Gasteiger partial charge in [0.15, 0.2) is 5.82 Å². The Labute approximate surface area is 180 Å². The summed E-state index contributed by atoms with van der Waals surface area (Å²) in [7, 11) is -0.841. The first kappa shape index (κ1) is 20.6. The largest absolute Gasteiger partial charge is 0.497 e. The van der Waals surface area contributed by atoms with Crippen molar-refractivity contribution in [1.82, 2.24) is 9.97 Å². The molecule has 4 rings (SSSR count). The molecule has 4 aromatic rings. The zero-order valence-corrected chi connectivity index (χ0v) is 18.1. The van der Waals surface area contributed by atoms with Gasteiger partial charge in [0.25, 0.3) is 0 Å². The van der Waals surface area contributed by atoms with E-state index in [4.69, 9.17) is 9.47 Å². The van der Waals surface area contributed by atoms with E-state index in [0.29, 0.717) is 28.2 Å². The van der Waals surface area contributed by atoms with Gasteiger partial charge in [0, 0.05) is 23.9 Å². The van der Waals surface area contributed by atoms with Crippen LogP contribution >= 0.6 is 0 Å². The number of para-hydroxylation sites is 2. The highest BCUT2D eigenvalue weighted by Crippen LogP contribution is 2.32. The molecule has 1 aromatic heterocycles. The van der Waals surface area contributed by atoms with Crippen molar-refractivity contribution >= 4 is 32.4 Å². The van der Waals surface area contributed by atoms with Crippen molar-refractivity contribution < 1.29 is 17.9 Å². The first-order valence-corrected chi connectivity index (χ1v) is 11.0. The van der Waals surface area contributed by atoms with Crippen LogP contribution in [0.25, 0.3) is 11.0 Å². The van der Waals surface area contributed by atoms with E-state index in [9.17, 15) is 8.42 Å². The summed E-state index contributed by atoms with van der Waals surface area (Å²) in [6.45, 7) is 1.90. The molecule has 1 heterocycles. The van der Waals surface area contributed by atoms with Gasteiger partial charge in [-0.1, -0.05) is 29.8 Å². The first-order valence-electron chi connectivity index (χ1n) is 9.49. The molecule has 3 aromatic carbocycles. The summed E-state index contributed by atoms with van der Waals surface area (Å²) in [6.07, 6.45) is 0. The van der Waals surface area contributed by atoms with E-state index in [-0.39, 0.29) is 15.7 Å².